The van der Waals surface area contributed by atoms with Crippen LogP contribution >= 0.6 is 0 Å². The molecule has 0 aliphatic heterocycles. The second-order valence-electron chi connectivity index (χ2n) is 5.60. The molecular weight excluding hydrogens is 346 g/mol. The molecule has 11 heteroatoms. The number of aliphatic hydroxyl groups is 5. The molecule has 25 heavy (non-hydrogen) atoms. The predicted octanol–water partition coefficient (Wildman–Crippen LogP) is -3.24. The van der Waals surface area contributed by atoms with E-state index in [2.05, 4.69) is 0 Å². The van der Waals surface area contributed by atoms with Crippen LogP contribution in [0.5, 0.6) is 0 Å². The summed E-state index contributed by atoms with van der Waals surface area (Å²) in [5.41, 5.74) is -12.8. The van der Waals surface area contributed by atoms with Gasteiger partial charge in [-0.1, -0.05) is 0 Å². The van der Waals surface area contributed by atoms with E-state index in [9.17, 15) is 48.8 Å². The number of halogens is 1. The zero-order valence-electron chi connectivity index (χ0n) is 13.9. The highest BCUT2D eigenvalue weighted by molar-refractivity contribution is 6.45. The summed E-state index contributed by atoms with van der Waals surface area (Å²) >= 11 is 0. The maximum atomic E-state index is 14.3. The van der Waals surface area contributed by atoms with Crippen LogP contribution in [-0.4, -0.2) is 83.7 Å². The summed E-state index contributed by atoms with van der Waals surface area (Å²) < 4.78 is 14.3. The second-order valence-corrected chi connectivity index (χ2v) is 5.60. The minimum Gasteiger partial charge on any atom is -0.390 e. The van der Waals surface area contributed by atoms with Gasteiger partial charge in [0, 0.05) is 6.92 Å². The van der Waals surface area contributed by atoms with Gasteiger partial charge in [-0.15, -0.1) is 0 Å². The number of Topliss-reactive ketones (excluding diaryl/α,β-unsaturated/α-hetero) is 5. The van der Waals surface area contributed by atoms with Crippen molar-refractivity contribution in [2.45, 2.75) is 50.4 Å². The molecule has 10 nitrogen and oxygen atoms in total. The van der Waals surface area contributed by atoms with Gasteiger partial charge in [-0.2, -0.15) is 0 Å². The Morgan fingerprint density at radius 3 is 1.32 bits per heavy atom. The number of hydrogen-bond donors (Lipinski definition) is 5. The molecule has 0 aliphatic rings. The monoisotopic (exact) mass is 365 g/mol. The molecule has 0 aliphatic carbocycles. The molecular formula is C14H19FO10. The Bertz CT molecular complexity index is 642. The first-order chi connectivity index (χ1) is 11.0. The molecule has 0 fully saturated rings. The van der Waals surface area contributed by atoms with Gasteiger partial charge in [0.2, 0.25) is 22.6 Å². The van der Waals surface area contributed by atoms with E-state index >= 15 is 0 Å². The third-order valence-electron chi connectivity index (χ3n) is 3.99. The van der Waals surface area contributed by atoms with Gasteiger partial charge in [0.1, 0.15) is 6.61 Å². The summed E-state index contributed by atoms with van der Waals surface area (Å²) in [7, 11) is 0. The smallest absolute Gasteiger partial charge is 0.269 e. The normalized spacial score (nSPS) is 21.0. The van der Waals surface area contributed by atoms with E-state index in [1.165, 1.54) is 0 Å². The van der Waals surface area contributed by atoms with Gasteiger partial charge in [-0.05, 0) is 20.8 Å². The summed E-state index contributed by atoms with van der Waals surface area (Å²) in [5, 5.41) is 49.8. The highest BCUT2D eigenvalue weighted by Crippen LogP contribution is 2.43. The van der Waals surface area contributed by atoms with Gasteiger partial charge in [0.05, 0.1) is 0 Å². The number of carbonyl (C=O) groups is 5. The van der Waals surface area contributed by atoms with Crippen molar-refractivity contribution in [3.05, 3.63) is 0 Å². The van der Waals surface area contributed by atoms with E-state index < -0.39 is 58.2 Å². The quantitative estimate of drug-likeness (QED) is 0.205. The first-order valence-corrected chi connectivity index (χ1v) is 6.77. The van der Waals surface area contributed by atoms with Crippen molar-refractivity contribution in [2.24, 2.45) is 0 Å². The van der Waals surface area contributed by atoms with E-state index in [1.54, 1.807) is 0 Å². The van der Waals surface area contributed by atoms with Gasteiger partial charge >= 0.3 is 0 Å². The van der Waals surface area contributed by atoms with Gasteiger partial charge < -0.3 is 25.5 Å². The van der Waals surface area contributed by atoms with Crippen LogP contribution < -0.4 is 0 Å². The van der Waals surface area contributed by atoms with Gasteiger partial charge in [0.25, 0.3) is 5.85 Å². The number of ketones is 5. The first kappa shape index (κ1) is 23.1. The van der Waals surface area contributed by atoms with Crippen molar-refractivity contribution in [3.8, 4) is 0 Å². The predicted molar refractivity (Wildman–Crippen MR) is 75.7 cm³/mol. The third-order valence-corrected chi connectivity index (χ3v) is 3.99. The van der Waals surface area contributed by atoms with Gasteiger partial charge in [-0.25, -0.2) is 4.39 Å². The van der Waals surface area contributed by atoms with Crippen molar-refractivity contribution >= 4 is 28.9 Å². The Morgan fingerprint density at radius 2 is 1.12 bits per heavy atom. The molecule has 0 heterocycles. The summed E-state index contributed by atoms with van der Waals surface area (Å²) in [6, 6.07) is 0. The van der Waals surface area contributed by atoms with Crippen LogP contribution in [0.4, 0.5) is 4.39 Å². The minimum atomic E-state index is -4.49. The zero-order valence-corrected chi connectivity index (χ0v) is 13.9. The first-order valence-electron chi connectivity index (χ1n) is 6.77. The summed E-state index contributed by atoms with van der Waals surface area (Å²) in [6.07, 6.45) is 0. The topological polar surface area (TPSA) is 186 Å². The Morgan fingerprint density at radius 1 is 0.760 bits per heavy atom. The standard InChI is InChI=1S/C14H19FO10/c1-6(17)10(21)12(23,7(2)18)14(25,9(4)20)13(24,8(3)19)11(15,22)5-16/h16,22-25H,5H2,1-4H3/t11-,12+,13-,14-/m1/s1/i15-1. The second kappa shape index (κ2) is 6.77. The Hall–Kier alpha value is -1.92. The number of aliphatic hydroxyl groups excluding tert-OH is 1. The average Bonchev–Trinajstić information content (AvgIpc) is 2.50. The number of alkyl halides is 1. The van der Waals surface area contributed by atoms with Crippen LogP contribution in [0.2, 0.25) is 0 Å². The van der Waals surface area contributed by atoms with Crippen molar-refractivity contribution < 1.29 is 53.9 Å². The fraction of sp³-hybridized carbons (Fsp3) is 0.643. The molecule has 0 aromatic heterocycles. The van der Waals surface area contributed by atoms with Crippen LogP contribution in [0.1, 0.15) is 27.7 Å². The van der Waals surface area contributed by atoms with Crippen LogP contribution in [0, 0.1) is 0 Å². The third kappa shape index (κ3) is 2.83. The van der Waals surface area contributed by atoms with E-state index in [0.29, 0.717) is 27.7 Å². The number of carbonyl (C=O) groups excluding carboxylic acids is 5. The summed E-state index contributed by atoms with van der Waals surface area (Å²) in [6.45, 7) is -0.459. The lowest BCUT2D eigenvalue weighted by atomic mass is 9.60. The van der Waals surface area contributed by atoms with Crippen molar-refractivity contribution in [2.75, 3.05) is 6.61 Å². The maximum absolute atomic E-state index is 14.3. The van der Waals surface area contributed by atoms with E-state index in [-0.39, 0.29) is 0 Å². The van der Waals surface area contributed by atoms with Gasteiger partial charge in [-0.3, -0.25) is 24.0 Å². The fourth-order valence-corrected chi connectivity index (χ4v) is 2.52. The summed E-state index contributed by atoms with van der Waals surface area (Å²) in [5.74, 6) is -13.9. The molecule has 0 aromatic carbocycles. The molecule has 0 amide bonds. The van der Waals surface area contributed by atoms with Crippen LogP contribution in [0.15, 0.2) is 0 Å². The minimum absolute atomic E-state index is 0.340. The molecule has 0 bridgehead atoms. The fourth-order valence-electron chi connectivity index (χ4n) is 2.52. The molecule has 0 radical (unpaired) electrons. The van der Waals surface area contributed by atoms with Crippen LogP contribution in [-0.2, 0) is 24.0 Å². The lowest BCUT2D eigenvalue weighted by molar-refractivity contribution is -0.304. The van der Waals surface area contributed by atoms with E-state index in [0.717, 1.165) is 0 Å². The lowest BCUT2D eigenvalue weighted by Gasteiger charge is -2.50. The van der Waals surface area contributed by atoms with Crippen molar-refractivity contribution in [1.29, 1.82) is 0 Å². The molecule has 5 N–H and O–H groups in total. The van der Waals surface area contributed by atoms with Crippen LogP contribution in [0.25, 0.3) is 0 Å². The average molecular weight is 365 g/mol. The SMILES string of the molecule is CC(=O)C(=O)[C@@](O)(C(C)=O)[C@](O)(C(C)=O)[C@@](O)(C(C)=O)[C@@](O)([18F])CO. The van der Waals surface area contributed by atoms with Crippen molar-refractivity contribution in [3.63, 3.8) is 0 Å². The molecule has 142 valence electrons. The maximum Gasteiger partial charge on any atom is 0.269 e. The Balaban J connectivity index is 7.33. The largest absolute Gasteiger partial charge is 0.390 e. The van der Waals surface area contributed by atoms with Crippen molar-refractivity contribution in [1.82, 2.24) is 0 Å². The van der Waals surface area contributed by atoms with E-state index in [4.69, 9.17) is 5.11 Å². The highest BCUT2D eigenvalue weighted by Gasteiger charge is 2.79. The number of rotatable bonds is 9. The molecule has 4 atom stereocenters. The summed E-state index contributed by atoms with van der Waals surface area (Å²) in [4.78, 5) is 58.9. The molecule has 0 rings (SSSR count). The highest BCUT2D eigenvalue weighted by atomic mass is 18.2. The Kier molecular flexibility index (Phi) is 6.25. The molecule has 0 unspecified atom stereocenters. The lowest BCUT2D eigenvalue weighted by Crippen LogP contribution is -2.84. The Labute approximate surface area is 140 Å². The molecule has 0 saturated heterocycles. The molecule has 0 aromatic rings. The molecule has 0 saturated carbocycles. The van der Waals surface area contributed by atoms with E-state index in [1.807, 2.05) is 0 Å². The molecule has 0 spiro atoms. The zero-order chi connectivity index (χ0) is 20.6. The number of hydrogen-bond acceptors (Lipinski definition) is 10. The van der Waals surface area contributed by atoms with Crippen LogP contribution in [0.3, 0.4) is 0 Å². The van der Waals surface area contributed by atoms with Gasteiger partial charge in [0.15, 0.2) is 23.1 Å².